The van der Waals surface area contributed by atoms with Crippen LogP contribution in [0, 0.1) is 0 Å². The zero-order chi connectivity index (χ0) is 15.2. The van der Waals surface area contributed by atoms with Gasteiger partial charge in [-0.3, -0.25) is 5.43 Å². The zero-order valence-electron chi connectivity index (χ0n) is 12.7. The number of benzene rings is 1. The Bertz CT molecular complexity index is 607. The van der Waals surface area contributed by atoms with Crippen molar-refractivity contribution in [1.82, 2.24) is 15.8 Å². The van der Waals surface area contributed by atoms with Crippen LogP contribution in [0.1, 0.15) is 11.1 Å². The molecular weight excluding hydrogens is 268 g/mol. The molecule has 0 spiro atoms. The van der Waals surface area contributed by atoms with Gasteiger partial charge in [-0.15, -0.1) is 0 Å². The number of fused-ring (bicyclic) bond motifs is 1. The molecule has 0 atom stereocenters. The Labute approximate surface area is 124 Å². The largest absolute Gasteiger partial charge is 0.452 e. The third-order valence-electron chi connectivity index (χ3n) is 3.39. The van der Waals surface area contributed by atoms with Gasteiger partial charge in [0.25, 0.3) is 0 Å². The Balaban J connectivity index is 2.05. The molecule has 4 N–H and O–H groups in total. The topological polar surface area (TPSA) is 70.6 Å². The van der Waals surface area contributed by atoms with E-state index in [9.17, 15) is 4.79 Å². The maximum atomic E-state index is 11.0. The van der Waals surface area contributed by atoms with E-state index < -0.39 is 6.09 Å². The molecule has 114 valence electrons. The van der Waals surface area contributed by atoms with E-state index in [2.05, 4.69) is 53.0 Å². The number of carbonyl (C=O) groups is 1. The molecule has 0 fully saturated rings. The van der Waals surface area contributed by atoms with E-state index in [0.29, 0.717) is 6.54 Å². The van der Waals surface area contributed by atoms with Crippen molar-refractivity contribution in [3.63, 3.8) is 0 Å². The number of ether oxygens (including phenoxy) is 1. The van der Waals surface area contributed by atoms with Crippen molar-refractivity contribution < 1.29 is 14.4 Å². The average Bonchev–Trinajstić information content (AvgIpc) is 2.87. The van der Waals surface area contributed by atoms with E-state index in [4.69, 9.17) is 0 Å². The van der Waals surface area contributed by atoms with Crippen LogP contribution in [0.15, 0.2) is 24.4 Å². The second-order valence-corrected chi connectivity index (χ2v) is 5.37. The molecule has 0 aliphatic heterocycles. The molecule has 6 nitrogen and oxygen atoms in total. The summed E-state index contributed by atoms with van der Waals surface area (Å²) in [5.74, 6) is 0. The van der Waals surface area contributed by atoms with Crippen molar-refractivity contribution in [1.29, 1.82) is 0 Å². The number of quaternary nitrogens is 1. The van der Waals surface area contributed by atoms with Crippen molar-refractivity contribution in [2.45, 2.75) is 13.0 Å². The van der Waals surface area contributed by atoms with E-state index in [1.54, 1.807) is 0 Å². The first kappa shape index (κ1) is 15.3. The number of amides is 1. The van der Waals surface area contributed by atoms with Crippen LogP contribution in [0.25, 0.3) is 10.9 Å². The fraction of sp³-hybridized carbons (Fsp3) is 0.400. The molecule has 1 amide bonds. The monoisotopic (exact) mass is 291 g/mol. The number of hydrogen-bond donors (Lipinski definition) is 4. The molecule has 2 aromatic rings. The van der Waals surface area contributed by atoms with E-state index in [1.807, 2.05) is 6.07 Å². The Hall–Kier alpha value is -2.05. The lowest BCUT2D eigenvalue weighted by molar-refractivity contribution is -0.858. The second kappa shape index (κ2) is 7.10. The first-order valence-electron chi connectivity index (χ1n) is 7.05. The van der Waals surface area contributed by atoms with Crippen molar-refractivity contribution in [3.05, 3.63) is 35.5 Å². The predicted octanol–water partition coefficient (Wildman–Crippen LogP) is 0.216. The number of hydrogen-bond acceptors (Lipinski definition) is 3. The van der Waals surface area contributed by atoms with Gasteiger partial charge in [-0.2, -0.15) is 0 Å². The third-order valence-corrected chi connectivity index (χ3v) is 3.39. The number of carbonyl (C=O) groups excluding carboxylic acids is 1. The number of likely N-dealkylation sites (N-methyl/N-ethyl adjacent to an activating group) is 1. The normalized spacial score (nSPS) is 11.0. The van der Waals surface area contributed by atoms with Gasteiger partial charge in [0.15, 0.2) is 0 Å². The van der Waals surface area contributed by atoms with Gasteiger partial charge >= 0.3 is 6.09 Å². The molecule has 0 saturated carbocycles. The fourth-order valence-corrected chi connectivity index (χ4v) is 2.20. The minimum atomic E-state index is -0.493. The average molecular weight is 291 g/mol. The van der Waals surface area contributed by atoms with Crippen LogP contribution in [0.2, 0.25) is 0 Å². The number of rotatable bonds is 6. The van der Waals surface area contributed by atoms with Gasteiger partial charge in [-0.1, -0.05) is 6.07 Å². The van der Waals surface area contributed by atoms with Gasteiger partial charge in [0.05, 0.1) is 27.7 Å². The Morgan fingerprint density at radius 3 is 2.90 bits per heavy atom. The molecule has 2 rings (SSSR count). The predicted molar refractivity (Wildman–Crippen MR) is 82.1 cm³/mol. The number of aromatic amines is 1. The zero-order valence-corrected chi connectivity index (χ0v) is 12.7. The number of H-pyrrole nitrogens is 1. The van der Waals surface area contributed by atoms with Crippen LogP contribution in [0.5, 0.6) is 0 Å². The smallest absolute Gasteiger partial charge is 0.421 e. The molecule has 0 saturated heterocycles. The molecule has 1 aromatic heterocycles. The first-order valence-corrected chi connectivity index (χ1v) is 7.05. The molecule has 21 heavy (non-hydrogen) atoms. The molecule has 6 heteroatoms. The third kappa shape index (κ3) is 4.21. The van der Waals surface area contributed by atoms with Crippen LogP contribution in [0.4, 0.5) is 4.79 Å². The van der Waals surface area contributed by atoms with Crippen LogP contribution in [-0.4, -0.2) is 38.8 Å². The lowest BCUT2D eigenvalue weighted by Crippen LogP contribution is -3.05. The number of hydrazine groups is 1. The Morgan fingerprint density at radius 2 is 2.19 bits per heavy atom. The van der Waals surface area contributed by atoms with Crippen molar-refractivity contribution in [2.75, 3.05) is 27.7 Å². The lowest BCUT2D eigenvalue weighted by Gasteiger charge is -2.08. The minimum Gasteiger partial charge on any atom is -0.452 e. The maximum absolute atomic E-state index is 11.0. The van der Waals surface area contributed by atoms with Gasteiger partial charge in [-0.05, 0) is 23.3 Å². The highest BCUT2D eigenvalue weighted by Gasteiger charge is 2.06. The summed E-state index contributed by atoms with van der Waals surface area (Å²) in [5.41, 5.74) is 8.87. The van der Waals surface area contributed by atoms with E-state index >= 15 is 0 Å². The highest BCUT2D eigenvalue weighted by molar-refractivity contribution is 5.83. The quantitative estimate of drug-likeness (QED) is 0.575. The Kier molecular flexibility index (Phi) is 5.19. The van der Waals surface area contributed by atoms with Crippen molar-refractivity contribution in [2.24, 2.45) is 0 Å². The molecule has 0 radical (unpaired) electrons. The van der Waals surface area contributed by atoms with Crippen LogP contribution in [0.3, 0.4) is 0 Å². The van der Waals surface area contributed by atoms with E-state index in [-0.39, 0.29) is 0 Å². The van der Waals surface area contributed by atoms with Gasteiger partial charge in [-0.25, -0.2) is 10.2 Å². The van der Waals surface area contributed by atoms with E-state index in [0.717, 1.165) is 24.0 Å². The molecule has 0 unspecified atom stereocenters. The summed E-state index contributed by atoms with van der Waals surface area (Å²) in [7, 11) is 5.65. The van der Waals surface area contributed by atoms with Crippen LogP contribution in [-0.2, 0) is 17.7 Å². The van der Waals surface area contributed by atoms with Crippen LogP contribution >= 0.6 is 0 Å². The summed E-state index contributed by atoms with van der Waals surface area (Å²) < 4.78 is 4.50. The summed E-state index contributed by atoms with van der Waals surface area (Å²) in [4.78, 5) is 15.7. The summed E-state index contributed by atoms with van der Waals surface area (Å²) in [6.07, 6.45) is 2.63. The molecule has 0 aliphatic rings. The molecule has 0 bridgehead atoms. The summed E-state index contributed by atoms with van der Waals surface area (Å²) in [5, 5.41) is 1.24. The van der Waals surface area contributed by atoms with Gasteiger partial charge in [0, 0.05) is 30.1 Å². The van der Waals surface area contributed by atoms with Gasteiger partial charge < -0.3 is 14.6 Å². The molecule has 0 aliphatic carbocycles. The maximum Gasteiger partial charge on any atom is 0.421 e. The number of nitrogens with one attached hydrogen (secondary N) is 4. The van der Waals surface area contributed by atoms with Crippen molar-refractivity contribution >= 4 is 17.0 Å². The number of aromatic nitrogens is 1. The Morgan fingerprint density at radius 1 is 1.38 bits per heavy atom. The number of methoxy groups -OCH3 is 1. The second-order valence-electron chi connectivity index (χ2n) is 5.37. The summed E-state index contributed by atoms with van der Waals surface area (Å²) >= 11 is 0. The summed E-state index contributed by atoms with van der Waals surface area (Å²) in [6, 6.07) is 6.25. The van der Waals surface area contributed by atoms with E-state index in [1.165, 1.54) is 23.0 Å². The molecule has 1 aromatic carbocycles. The van der Waals surface area contributed by atoms with Crippen molar-refractivity contribution in [3.8, 4) is 0 Å². The minimum absolute atomic E-state index is 0.493. The standard InChI is InChI=1S/C15H22N4O2/c1-19(2)7-6-12-10-16-14-5-4-11(8-13(12)14)9-17-18-15(20)21-3/h4-5,8,10,16-17H,6-7,9H2,1-3H3,(H,18,20)/p+1. The first-order chi connectivity index (χ1) is 10.1. The van der Waals surface area contributed by atoms with Gasteiger partial charge in [0.1, 0.15) is 0 Å². The molecular formula is C15H23N4O2+. The summed E-state index contributed by atoms with van der Waals surface area (Å²) in [6.45, 7) is 1.65. The molecule has 1 heterocycles. The van der Waals surface area contributed by atoms with Gasteiger partial charge in [0.2, 0.25) is 0 Å². The highest BCUT2D eigenvalue weighted by Crippen LogP contribution is 2.20. The fourth-order valence-electron chi connectivity index (χ4n) is 2.20. The lowest BCUT2D eigenvalue weighted by atomic mass is 10.1. The highest BCUT2D eigenvalue weighted by atomic mass is 16.5. The van der Waals surface area contributed by atoms with Crippen LogP contribution < -0.4 is 15.8 Å². The SMILES string of the molecule is COC(=O)NNCc1ccc2[nH]cc(CC[NH+](C)C)c2c1.